The first-order chi connectivity index (χ1) is 7.95. The number of halogens is 1. The van der Waals surface area contributed by atoms with Crippen molar-refractivity contribution in [2.75, 3.05) is 0 Å². The lowest BCUT2D eigenvalue weighted by Crippen LogP contribution is -2.11. The van der Waals surface area contributed by atoms with E-state index < -0.39 is 0 Å². The number of hydrogen-bond donors (Lipinski definition) is 0. The average Bonchev–Trinajstić information content (AvgIpc) is 2.69. The third kappa shape index (κ3) is 3.07. The lowest BCUT2D eigenvalue weighted by atomic mass is 9.93. The maximum absolute atomic E-state index is 5.84. The molecule has 0 radical (unpaired) electrons. The molecule has 1 heterocycles. The average molecular weight is 250 g/mol. The predicted octanol–water partition coefficient (Wildman–Crippen LogP) is 3.28. The summed E-state index contributed by atoms with van der Waals surface area (Å²) in [6.07, 6.45) is 1.99. The standard InChI is InChI=1S/C13H16ClN3/c1-13(2,3)12-9-17(16-15-12)8-10-4-6-11(14)7-5-10/h4-7,9H,8H2,1-3H3. The van der Waals surface area contributed by atoms with E-state index in [1.165, 1.54) is 5.56 Å². The molecule has 0 unspecified atom stereocenters. The molecule has 0 saturated carbocycles. The molecule has 0 aliphatic carbocycles. The Kier molecular flexibility index (Phi) is 3.20. The first-order valence-electron chi connectivity index (χ1n) is 5.60. The van der Waals surface area contributed by atoms with Crippen molar-refractivity contribution in [1.29, 1.82) is 0 Å². The monoisotopic (exact) mass is 249 g/mol. The molecule has 17 heavy (non-hydrogen) atoms. The molecule has 0 N–H and O–H groups in total. The van der Waals surface area contributed by atoms with Crippen LogP contribution in [0.4, 0.5) is 0 Å². The van der Waals surface area contributed by atoms with Gasteiger partial charge in [-0.1, -0.05) is 49.7 Å². The summed E-state index contributed by atoms with van der Waals surface area (Å²) in [5.41, 5.74) is 2.21. The van der Waals surface area contributed by atoms with Gasteiger partial charge in [0.25, 0.3) is 0 Å². The van der Waals surface area contributed by atoms with E-state index in [0.29, 0.717) is 0 Å². The van der Waals surface area contributed by atoms with Gasteiger partial charge in [0.2, 0.25) is 0 Å². The van der Waals surface area contributed by atoms with Crippen LogP contribution in [-0.4, -0.2) is 15.0 Å². The molecule has 1 aromatic carbocycles. The zero-order valence-corrected chi connectivity index (χ0v) is 11.1. The Morgan fingerprint density at radius 2 is 1.82 bits per heavy atom. The zero-order valence-electron chi connectivity index (χ0n) is 10.3. The summed E-state index contributed by atoms with van der Waals surface area (Å²) >= 11 is 5.84. The van der Waals surface area contributed by atoms with Gasteiger partial charge >= 0.3 is 0 Å². The van der Waals surface area contributed by atoms with Gasteiger partial charge in [-0.25, -0.2) is 4.68 Å². The highest BCUT2D eigenvalue weighted by Gasteiger charge is 2.17. The predicted molar refractivity (Wildman–Crippen MR) is 69.3 cm³/mol. The normalized spacial score (nSPS) is 11.8. The van der Waals surface area contributed by atoms with E-state index in [-0.39, 0.29) is 5.41 Å². The summed E-state index contributed by atoms with van der Waals surface area (Å²) in [5.74, 6) is 0. The Morgan fingerprint density at radius 3 is 2.35 bits per heavy atom. The quantitative estimate of drug-likeness (QED) is 0.818. The van der Waals surface area contributed by atoms with Gasteiger partial charge in [-0.2, -0.15) is 0 Å². The van der Waals surface area contributed by atoms with E-state index in [1.54, 1.807) is 0 Å². The second kappa shape index (κ2) is 4.49. The Morgan fingerprint density at radius 1 is 1.18 bits per heavy atom. The van der Waals surface area contributed by atoms with E-state index in [4.69, 9.17) is 11.6 Å². The summed E-state index contributed by atoms with van der Waals surface area (Å²) in [5, 5.41) is 9.07. The summed E-state index contributed by atoms with van der Waals surface area (Å²) in [6, 6.07) is 7.78. The largest absolute Gasteiger partial charge is 0.248 e. The van der Waals surface area contributed by atoms with E-state index >= 15 is 0 Å². The molecule has 0 aliphatic heterocycles. The number of aromatic nitrogens is 3. The van der Waals surface area contributed by atoms with Gasteiger partial charge in [0.15, 0.2) is 0 Å². The highest BCUT2D eigenvalue weighted by molar-refractivity contribution is 6.30. The van der Waals surface area contributed by atoms with E-state index in [9.17, 15) is 0 Å². The molecule has 0 bridgehead atoms. The molecule has 0 amide bonds. The minimum atomic E-state index is 0.0399. The maximum Gasteiger partial charge on any atom is 0.0880 e. The van der Waals surface area contributed by atoms with Crippen molar-refractivity contribution < 1.29 is 0 Å². The number of hydrogen-bond acceptors (Lipinski definition) is 2. The van der Waals surface area contributed by atoms with E-state index in [2.05, 4.69) is 31.1 Å². The molecule has 0 atom stereocenters. The first-order valence-corrected chi connectivity index (χ1v) is 5.98. The van der Waals surface area contributed by atoms with Gasteiger partial charge in [0.1, 0.15) is 0 Å². The van der Waals surface area contributed by atoms with Crippen molar-refractivity contribution in [3.8, 4) is 0 Å². The van der Waals surface area contributed by atoms with Gasteiger partial charge in [0, 0.05) is 16.6 Å². The fraction of sp³-hybridized carbons (Fsp3) is 0.385. The molecule has 0 fully saturated rings. The Labute approximate surface area is 106 Å². The molecular weight excluding hydrogens is 234 g/mol. The molecule has 2 aromatic rings. The summed E-state index contributed by atoms with van der Waals surface area (Å²) in [6.45, 7) is 7.11. The van der Waals surface area contributed by atoms with Crippen molar-refractivity contribution in [2.24, 2.45) is 0 Å². The first kappa shape index (κ1) is 12.1. The Bertz CT molecular complexity index is 494. The zero-order chi connectivity index (χ0) is 12.5. The topological polar surface area (TPSA) is 30.7 Å². The number of rotatable bonds is 2. The third-order valence-corrected chi connectivity index (χ3v) is 2.82. The van der Waals surface area contributed by atoms with Crippen LogP contribution >= 0.6 is 11.6 Å². The lowest BCUT2D eigenvalue weighted by Gasteiger charge is -2.12. The van der Waals surface area contributed by atoms with Crippen LogP contribution in [0.2, 0.25) is 5.02 Å². The van der Waals surface area contributed by atoms with E-state index in [1.807, 2.05) is 35.1 Å². The van der Waals surface area contributed by atoms with Crippen LogP contribution in [0.3, 0.4) is 0 Å². The molecule has 0 aliphatic rings. The smallest absolute Gasteiger partial charge is 0.0880 e. The van der Waals surface area contributed by atoms with Crippen LogP contribution in [-0.2, 0) is 12.0 Å². The molecule has 0 saturated heterocycles. The van der Waals surface area contributed by atoms with Crippen LogP contribution in [0.1, 0.15) is 32.0 Å². The van der Waals surface area contributed by atoms with Gasteiger partial charge < -0.3 is 0 Å². The molecule has 3 nitrogen and oxygen atoms in total. The van der Waals surface area contributed by atoms with E-state index in [0.717, 1.165) is 17.3 Å². The Balaban J connectivity index is 2.14. The van der Waals surface area contributed by atoms with Gasteiger partial charge in [-0.15, -0.1) is 5.10 Å². The highest BCUT2D eigenvalue weighted by atomic mass is 35.5. The SMILES string of the molecule is CC(C)(C)c1cn(Cc2ccc(Cl)cc2)nn1. The van der Waals surface area contributed by atoms with Crippen molar-refractivity contribution >= 4 is 11.6 Å². The van der Waals surface area contributed by atoms with Crippen LogP contribution in [0.5, 0.6) is 0 Å². The number of benzene rings is 1. The van der Waals surface area contributed by atoms with Gasteiger partial charge in [0.05, 0.1) is 12.2 Å². The maximum atomic E-state index is 5.84. The molecular formula is C13H16ClN3. The van der Waals surface area contributed by atoms with Crippen molar-refractivity contribution in [3.05, 3.63) is 46.7 Å². The number of nitrogens with zero attached hydrogens (tertiary/aromatic N) is 3. The van der Waals surface area contributed by atoms with Crippen molar-refractivity contribution in [3.63, 3.8) is 0 Å². The molecule has 2 rings (SSSR count). The summed E-state index contributed by atoms with van der Waals surface area (Å²) < 4.78 is 1.85. The molecule has 1 aromatic heterocycles. The van der Waals surface area contributed by atoms with Crippen LogP contribution in [0, 0.1) is 0 Å². The fourth-order valence-corrected chi connectivity index (χ4v) is 1.62. The second-order valence-corrected chi connectivity index (χ2v) is 5.61. The Hall–Kier alpha value is -1.35. The van der Waals surface area contributed by atoms with Crippen molar-refractivity contribution in [1.82, 2.24) is 15.0 Å². The lowest BCUT2D eigenvalue weighted by molar-refractivity contribution is 0.566. The van der Waals surface area contributed by atoms with Crippen LogP contribution in [0.15, 0.2) is 30.5 Å². The van der Waals surface area contributed by atoms with Gasteiger partial charge in [-0.3, -0.25) is 0 Å². The van der Waals surface area contributed by atoms with Crippen LogP contribution in [0.25, 0.3) is 0 Å². The van der Waals surface area contributed by atoms with Crippen molar-refractivity contribution in [2.45, 2.75) is 32.7 Å². The second-order valence-electron chi connectivity index (χ2n) is 5.18. The fourth-order valence-electron chi connectivity index (χ4n) is 1.50. The minimum absolute atomic E-state index is 0.0399. The van der Waals surface area contributed by atoms with Crippen LogP contribution < -0.4 is 0 Å². The minimum Gasteiger partial charge on any atom is -0.248 e. The molecule has 4 heteroatoms. The molecule has 90 valence electrons. The highest BCUT2D eigenvalue weighted by Crippen LogP contribution is 2.19. The summed E-state index contributed by atoms with van der Waals surface area (Å²) in [7, 11) is 0. The molecule has 0 spiro atoms. The third-order valence-electron chi connectivity index (χ3n) is 2.56. The van der Waals surface area contributed by atoms with Gasteiger partial charge in [-0.05, 0) is 17.7 Å². The summed E-state index contributed by atoms with van der Waals surface area (Å²) in [4.78, 5) is 0.